The summed E-state index contributed by atoms with van der Waals surface area (Å²) in [7, 11) is 1.60. The first kappa shape index (κ1) is 16.5. The van der Waals surface area contributed by atoms with E-state index in [1.165, 1.54) is 0 Å². The highest BCUT2D eigenvalue weighted by atomic mass is 16.5. The molecular formula is C18H20N2O3. The van der Waals surface area contributed by atoms with Gasteiger partial charge in [0.15, 0.2) is 0 Å². The first-order valence-corrected chi connectivity index (χ1v) is 7.38. The lowest BCUT2D eigenvalue weighted by Crippen LogP contribution is -2.36. The van der Waals surface area contributed by atoms with Crippen molar-refractivity contribution in [3.63, 3.8) is 0 Å². The minimum absolute atomic E-state index is 0.362. The number of ether oxygens (including phenoxy) is 1. The molecule has 0 unspecified atom stereocenters. The van der Waals surface area contributed by atoms with Gasteiger partial charge in [-0.15, -0.1) is 0 Å². The molecule has 0 aliphatic carbocycles. The van der Waals surface area contributed by atoms with Crippen molar-refractivity contribution in [3.05, 3.63) is 59.7 Å². The number of anilines is 1. The molecule has 2 N–H and O–H groups in total. The van der Waals surface area contributed by atoms with Crippen LogP contribution in [-0.4, -0.2) is 25.5 Å². The number of carbonyl (C=O) groups excluding carboxylic acids is 2. The number of benzene rings is 2. The normalized spacial score (nSPS) is 10.0. The molecule has 0 atom stereocenters. The minimum atomic E-state index is -0.667. The van der Waals surface area contributed by atoms with Crippen molar-refractivity contribution >= 4 is 17.5 Å². The number of aryl methyl sites for hydroxylation is 1. The molecule has 0 saturated heterocycles. The highest BCUT2D eigenvalue weighted by Crippen LogP contribution is 2.17. The van der Waals surface area contributed by atoms with E-state index in [1.54, 1.807) is 13.2 Å². The number of amides is 2. The Morgan fingerprint density at radius 1 is 1.00 bits per heavy atom. The van der Waals surface area contributed by atoms with Crippen molar-refractivity contribution in [3.8, 4) is 5.75 Å². The molecule has 0 spiro atoms. The van der Waals surface area contributed by atoms with Gasteiger partial charge in [0.05, 0.1) is 7.11 Å². The summed E-state index contributed by atoms with van der Waals surface area (Å²) in [5.74, 6) is -0.548. The van der Waals surface area contributed by atoms with Crippen LogP contribution in [0.3, 0.4) is 0 Å². The summed E-state index contributed by atoms with van der Waals surface area (Å²) in [4.78, 5) is 23.7. The van der Waals surface area contributed by atoms with Crippen LogP contribution in [0.5, 0.6) is 5.75 Å². The van der Waals surface area contributed by atoms with Crippen LogP contribution in [0.1, 0.15) is 11.1 Å². The van der Waals surface area contributed by atoms with Gasteiger partial charge in [-0.2, -0.15) is 0 Å². The molecule has 0 radical (unpaired) electrons. The average molecular weight is 312 g/mol. The molecule has 0 aromatic heterocycles. The minimum Gasteiger partial charge on any atom is -0.496 e. The number of carbonyl (C=O) groups is 2. The third-order valence-corrected chi connectivity index (χ3v) is 3.47. The Morgan fingerprint density at radius 3 is 2.43 bits per heavy atom. The van der Waals surface area contributed by atoms with Gasteiger partial charge in [-0.25, -0.2) is 0 Å². The van der Waals surface area contributed by atoms with E-state index in [-0.39, 0.29) is 0 Å². The largest absolute Gasteiger partial charge is 0.496 e. The lowest BCUT2D eigenvalue weighted by Gasteiger charge is -2.10. The SMILES string of the molecule is COc1ccccc1CCNC(=O)C(=O)Nc1ccccc1C. The molecule has 2 aromatic carbocycles. The predicted molar refractivity (Wildman–Crippen MR) is 89.5 cm³/mol. The summed E-state index contributed by atoms with van der Waals surface area (Å²) in [6, 6.07) is 14.9. The van der Waals surface area contributed by atoms with Gasteiger partial charge in [0.1, 0.15) is 5.75 Å². The van der Waals surface area contributed by atoms with E-state index in [1.807, 2.05) is 49.4 Å². The van der Waals surface area contributed by atoms with Crippen molar-refractivity contribution < 1.29 is 14.3 Å². The maximum absolute atomic E-state index is 11.9. The first-order chi connectivity index (χ1) is 11.1. The highest BCUT2D eigenvalue weighted by molar-refractivity contribution is 6.39. The lowest BCUT2D eigenvalue weighted by molar-refractivity contribution is -0.136. The predicted octanol–water partition coefficient (Wildman–Crippen LogP) is 2.30. The van der Waals surface area contributed by atoms with Crippen molar-refractivity contribution in [1.82, 2.24) is 5.32 Å². The van der Waals surface area contributed by atoms with Gasteiger partial charge in [-0.1, -0.05) is 36.4 Å². The zero-order chi connectivity index (χ0) is 16.7. The monoisotopic (exact) mass is 312 g/mol. The Hall–Kier alpha value is -2.82. The Balaban J connectivity index is 1.85. The van der Waals surface area contributed by atoms with Crippen LogP contribution in [0, 0.1) is 6.92 Å². The number of rotatable bonds is 5. The second-order valence-corrected chi connectivity index (χ2v) is 5.09. The van der Waals surface area contributed by atoms with E-state index in [9.17, 15) is 9.59 Å². The van der Waals surface area contributed by atoms with Gasteiger partial charge >= 0.3 is 11.8 Å². The van der Waals surface area contributed by atoms with Crippen molar-refractivity contribution in [2.45, 2.75) is 13.3 Å². The summed E-state index contributed by atoms with van der Waals surface area (Å²) >= 11 is 0. The Morgan fingerprint density at radius 2 is 1.70 bits per heavy atom. The quantitative estimate of drug-likeness (QED) is 0.833. The number of nitrogens with one attached hydrogen (secondary N) is 2. The van der Waals surface area contributed by atoms with E-state index in [0.29, 0.717) is 18.7 Å². The Kier molecular flexibility index (Phi) is 5.74. The Bertz CT molecular complexity index is 698. The lowest BCUT2D eigenvalue weighted by atomic mass is 10.1. The van der Waals surface area contributed by atoms with Crippen molar-refractivity contribution in [1.29, 1.82) is 0 Å². The fourth-order valence-electron chi connectivity index (χ4n) is 2.19. The molecule has 5 nitrogen and oxygen atoms in total. The molecule has 5 heteroatoms. The average Bonchev–Trinajstić information content (AvgIpc) is 2.57. The number of hydrogen-bond acceptors (Lipinski definition) is 3. The fourth-order valence-corrected chi connectivity index (χ4v) is 2.19. The van der Waals surface area contributed by atoms with Crippen molar-refractivity contribution in [2.24, 2.45) is 0 Å². The van der Waals surface area contributed by atoms with Gasteiger partial charge in [-0.05, 0) is 36.6 Å². The van der Waals surface area contributed by atoms with Crippen LogP contribution >= 0.6 is 0 Å². The zero-order valence-electron chi connectivity index (χ0n) is 13.3. The molecular weight excluding hydrogens is 292 g/mol. The van der Waals surface area contributed by atoms with Gasteiger partial charge < -0.3 is 15.4 Å². The Labute approximate surface area is 135 Å². The van der Waals surface area contributed by atoms with Gasteiger partial charge in [0.2, 0.25) is 0 Å². The molecule has 0 bridgehead atoms. The molecule has 2 rings (SSSR count). The number of para-hydroxylation sites is 2. The fraction of sp³-hybridized carbons (Fsp3) is 0.222. The van der Waals surface area contributed by atoms with Gasteiger partial charge in [0, 0.05) is 12.2 Å². The van der Waals surface area contributed by atoms with Crippen LogP contribution in [0.4, 0.5) is 5.69 Å². The number of hydrogen-bond donors (Lipinski definition) is 2. The van der Waals surface area contributed by atoms with Crippen LogP contribution < -0.4 is 15.4 Å². The molecule has 0 saturated carbocycles. The molecule has 2 amide bonds. The third kappa shape index (κ3) is 4.57. The maximum atomic E-state index is 11.9. The summed E-state index contributed by atoms with van der Waals surface area (Å²) in [5, 5.41) is 5.22. The van der Waals surface area contributed by atoms with E-state index < -0.39 is 11.8 Å². The van der Waals surface area contributed by atoms with Crippen LogP contribution in [-0.2, 0) is 16.0 Å². The van der Waals surface area contributed by atoms with Crippen LogP contribution in [0.15, 0.2) is 48.5 Å². The smallest absolute Gasteiger partial charge is 0.313 e. The second kappa shape index (κ2) is 7.98. The summed E-state index contributed by atoms with van der Waals surface area (Å²) in [5.41, 5.74) is 2.52. The topological polar surface area (TPSA) is 67.4 Å². The standard InChI is InChI=1S/C18H20N2O3/c1-13-7-3-5-9-15(13)20-18(22)17(21)19-12-11-14-8-4-6-10-16(14)23-2/h3-10H,11-12H2,1-2H3,(H,19,21)(H,20,22). The molecule has 2 aromatic rings. The first-order valence-electron chi connectivity index (χ1n) is 7.38. The number of methoxy groups -OCH3 is 1. The zero-order valence-corrected chi connectivity index (χ0v) is 13.3. The van der Waals surface area contributed by atoms with E-state index in [4.69, 9.17) is 4.74 Å². The van der Waals surface area contributed by atoms with Crippen LogP contribution in [0.2, 0.25) is 0 Å². The van der Waals surface area contributed by atoms with Gasteiger partial charge in [0.25, 0.3) is 0 Å². The summed E-state index contributed by atoms with van der Waals surface area (Å²) in [6.45, 7) is 2.23. The summed E-state index contributed by atoms with van der Waals surface area (Å²) in [6.07, 6.45) is 0.591. The maximum Gasteiger partial charge on any atom is 0.313 e. The van der Waals surface area contributed by atoms with E-state index in [2.05, 4.69) is 10.6 Å². The van der Waals surface area contributed by atoms with E-state index in [0.717, 1.165) is 16.9 Å². The van der Waals surface area contributed by atoms with Gasteiger partial charge in [-0.3, -0.25) is 9.59 Å². The van der Waals surface area contributed by atoms with Crippen molar-refractivity contribution in [2.75, 3.05) is 19.0 Å². The molecule has 0 heterocycles. The molecule has 0 aliphatic rings. The van der Waals surface area contributed by atoms with Crippen LogP contribution in [0.25, 0.3) is 0 Å². The second-order valence-electron chi connectivity index (χ2n) is 5.09. The molecule has 120 valence electrons. The summed E-state index contributed by atoms with van der Waals surface area (Å²) < 4.78 is 5.25. The molecule has 0 fully saturated rings. The third-order valence-electron chi connectivity index (χ3n) is 3.47. The molecule has 0 aliphatic heterocycles. The molecule has 23 heavy (non-hydrogen) atoms. The highest BCUT2D eigenvalue weighted by Gasteiger charge is 2.14. The van der Waals surface area contributed by atoms with E-state index >= 15 is 0 Å².